The zero-order chi connectivity index (χ0) is 13.2. The third-order valence-electron chi connectivity index (χ3n) is 5.88. The summed E-state index contributed by atoms with van der Waals surface area (Å²) in [6.07, 6.45) is 9.50. The standard InChI is InChI=1S/C16H31N3/c1-2-13-5-6-15(17)16(11-13)19-10-7-14(12-19)18-8-3-4-9-18/h13-16H,2-12,17H2,1H3. The van der Waals surface area contributed by atoms with Gasteiger partial charge in [-0.05, 0) is 57.5 Å². The number of rotatable bonds is 3. The number of nitrogens with zero attached hydrogens (tertiary/aromatic N) is 2. The summed E-state index contributed by atoms with van der Waals surface area (Å²) in [5, 5.41) is 0. The maximum absolute atomic E-state index is 6.42. The minimum atomic E-state index is 0.431. The highest BCUT2D eigenvalue weighted by Gasteiger charge is 2.37. The highest BCUT2D eigenvalue weighted by atomic mass is 15.3. The van der Waals surface area contributed by atoms with Crippen molar-refractivity contribution in [3.63, 3.8) is 0 Å². The Kier molecular flexibility index (Phi) is 4.45. The molecule has 2 heterocycles. The van der Waals surface area contributed by atoms with Gasteiger partial charge in [0.25, 0.3) is 0 Å². The Morgan fingerprint density at radius 2 is 1.79 bits per heavy atom. The van der Waals surface area contributed by atoms with Crippen molar-refractivity contribution in [1.82, 2.24) is 9.80 Å². The molecule has 3 fully saturated rings. The van der Waals surface area contributed by atoms with E-state index in [4.69, 9.17) is 5.73 Å². The molecule has 2 N–H and O–H groups in total. The zero-order valence-electron chi connectivity index (χ0n) is 12.6. The molecule has 0 spiro atoms. The van der Waals surface area contributed by atoms with Crippen LogP contribution in [0.15, 0.2) is 0 Å². The molecular weight excluding hydrogens is 234 g/mol. The van der Waals surface area contributed by atoms with Gasteiger partial charge in [-0.1, -0.05) is 13.3 Å². The molecule has 0 bridgehead atoms. The van der Waals surface area contributed by atoms with Gasteiger partial charge in [-0.2, -0.15) is 0 Å². The van der Waals surface area contributed by atoms with Gasteiger partial charge in [0, 0.05) is 31.2 Å². The SMILES string of the molecule is CCC1CCC(N)C(N2CCC(N3CCCC3)C2)C1. The third kappa shape index (κ3) is 2.98. The van der Waals surface area contributed by atoms with Crippen molar-refractivity contribution in [2.45, 2.75) is 70.0 Å². The van der Waals surface area contributed by atoms with E-state index in [-0.39, 0.29) is 0 Å². The van der Waals surface area contributed by atoms with Crippen molar-refractivity contribution in [2.75, 3.05) is 26.2 Å². The molecule has 2 saturated heterocycles. The van der Waals surface area contributed by atoms with Crippen molar-refractivity contribution in [3.8, 4) is 0 Å². The Labute approximate surface area is 118 Å². The molecule has 0 amide bonds. The smallest absolute Gasteiger partial charge is 0.0250 e. The average Bonchev–Trinajstić information content (AvgIpc) is 3.10. The molecule has 3 heteroatoms. The minimum Gasteiger partial charge on any atom is -0.326 e. The first-order chi connectivity index (χ1) is 9.28. The predicted molar refractivity (Wildman–Crippen MR) is 80.2 cm³/mol. The van der Waals surface area contributed by atoms with Crippen LogP contribution in [0.3, 0.4) is 0 Å². The van der Waals surface area contributed by atoms with E-state index in [1.807, 2.05) is 0 Å². The summed E-state index contributed by atoms with van der Waals surface area (Å²) in [4.78, 5) is 5.46. The van der Waals surface area contributed by atoms with Gasteiger partial charge in [0.1, 0.15) is 0 Å². The molecule has 1 saturated carbocycles. The number of hydrogen-bond donors (Lipinski definition) is 1. The van der Waals surface area contributed by atoms with Crippen LogP contribution in [0.1, 0.15) is 51.9 Å². The Hall–Kier alpha value is -0.120. The topological polar surface area (TPSA) is 32.5 Å². The number of hydrogen-bond acceptors (Lipinski definition) is 3. The summed E-state index contributed by atoms with van der Waals surface area (Å²) >= 11 is 0. The van der Waals surface area contributed by atoms with E-state index in [1.165, 1.54) is 71.1 Å². The Bertz CT molecular complexity index is 288. The summed E-state index contributed by atoms with van der Waals surface area (Å²) in [7, 11) is 0. The van der Waals surface area contributed by atoms with Crippen molar-refractivity contribution in [1.29, 1.82) is 0 Å². The van der Waals surface area contributed by atoms with Gasteiger partial charge < -0.3 is 5.73 Å². The summed E-state index contributed by atoms with van der Waals surface area (Å²) in [6, 6.07) is 1.93. The minimum absolute atomic E-state index is 0.431. The summed E-state index contributed by atoms with van der Waals surface area (Å²) in [5.41, 5.74) is 6.42. The van der Waals surface area contributed by atoms with Gasteiger partial charge in [-0.3, -0.25) is 9.80 Å². The van der Waals surface area contributed by atoms with Crippen LogP contribution in [0.2, 0.25) is 0 Å². The molecule has 19 heavy (non-hydrogen) atoms. The molecule has 0 aromatic heterocycles. The second-order valence-electron chi connectivity index (χ2n) is 7.00. The van der Waals surface area contributed by atoms with E-state index in [1.54, 1.807) is 0 Å². The fraction of sp³-hybridized carbons (Fsp3) is 1.00. The molecule has 4 atom stereocenters. The monoisotopic (exact) mass is 265 g/mol. The quantitative estimate of drug-likeness (QED) is 0.848. The van der Waals surface area contributed by atoms with Gasteiger partial charge in [0.15, 0.2) is 0 Å². The first-order valence-corrected chi connectivity index (χ1v) is 8.51. The zero-order valence-corrected chi connectivity index (χ0v) is 12.6. The van der Waals surface area contributed by atoms with E-state index in [9.17, 15) is 0 Å². The lowest BCUT2D eigenvalue weighted by molar-refractivity contribution is 0.123. The molecule has 0 aromatic rings. The van der Waals surface area contributed by atoms with Gasteiger partial charge in [0.2, 0.25) is 0 Å². The van der Waals surface area contributed by atoms with Gasteiger partial charge >= 0.3 is 0 Å². The molecule has 1 aliphatic carbocycles. The maximum atomic E-state index is 6.42. The second kappa shape index (κ2) is 6.11. The van der Waals surface area contributed by atoms with Crippen LogP contribution in [0.25, 0.3) is 0 Å². The molecule has 3 aliphatic rings. The predicted octanol–water partition coefficient (Wildman–Crippen LogP) is 2.06. The van der Waals surface area contributed by atoms with Crippen LogP contribution in [-0.2, 0) is 0 Å². The van der Waals surface area contributed by atoms with E-state index in [0.717, 1.165) is 12.0 Å². The lowest BCUT2D eigenvalue weighted by Crippen LogP contribution is -2.51. The normalized spacial score (nSPS) is 42.0. The molecule has 0 radical (unpaired) electrons. The molecular formula is C16H31N3. The molecule has 2 aliphatic heterocycles. The third-order valence-corrected chi connectivity index (χ3v) is 5.88. The van der Waals surface area contributed by atoms with Crippen molar-refractivity contribution in [2.24, 2.45) is 11.7 Å². The largest absolute Gasteiger partial charge is 0.326 e. The molecule has 110 valence electrons. The Morgan fingerprint density at radius 1 is 1.00 bits per heavy atom. The van der Waals surface area contributed by atoms with Crippen molar-refractivity contribution in [3.05, 3.63) is 0 Å². The van der Waals surface area contributed by atoms with Gasteiger partial charge in [0.05, 0.1) is 0 Å². The molecule has 4 unspecified atom stereocenters. The summed E-state index contributed by atoms with van der Waals surface area (Å²) in [6.45, 7) is 7.60. The van der Waals surface area contributed by atoms with Crippen LogP contribution < -0.4 is 5.73 Å². The Balaban J connectivity index is 1.56. The van der Waals surface area contributed by atoms with E-state index >= 15 is 0 Å². The molecule has 3 rings (SSSR count). The van der Waals surface area contributed by atoms with E-state index < -0.39 is 0 Å². The van der Waals surface area contributed by atoms with Crippen molar-refractivity contribution >= 4 is 0 Å². The highest BCUT2D eigenvalue weighted by molar-refractivity contribution is 4.95. The molecule has 0 aromatic carbocycles. The molecule has 3 nitrogen and oxygen atoms in total. The van der Waals surface area contributed by atoms with E-state index in [2.05, 4.69) is 16.7 Å². The number of likely N-dealkylation sites (tertiary alicyclic amines) is 2. The first kappa shape index (κ1) is 13.8. The fourth-order valence-electron chi connectivity index (χ4n) is 4.52. The first-order valence-electron chi connectivity index (χ1n) is 8.51. The van der Waals surface area contributed by atoms with Crippen molar-refractivity contribution < 1.29 is 0 Å². The Morgan fingerprint density at radius 3 is 2.53 bits per heavy atom. The fourth-order valence-corrected chi connectivity index (χ4v) is 4.52. The average molecular weight is 265 g/mol. The summed E-state index contributed by atoms with van der Waals surface area (Å²) in [5.74, 6) is 0.927. The van der Waals surface area contributed by atoms with Crippen LogP contribution in [0.4, 0.5) is 0 Å². The van der Waals surface area contributed by atoms with Crippen LogP contribution in [0.5, 0.6) is 0 Å². The lowest BCUT2D eigenvalue weighted by Gasteiger charge is -2.39. The lowest BCUT2D eigenvalue weighted by atomic mass is 9.81. The summed E-state index contributed by atoms with van der Waals surface area (Å²) < 4.78 is 0. The second-order valence-corrected chi connectivity index (χ2v) is 7.00. The van der Waals surface area contributed by atoms with Crippen LogP contribution >= 0.6 is 0 Å². The highest BCUT2D eigenvalue weighted by Crippen LogP contribution is 2.32. The van der Waals surface area contributed by atoms with Crippen LogP contribution in [-0.4, -0.2) is 54.1 Å². The number of nitrogens with two attached hydrogens (primary N) is 1. The maximum Gasteiger partial charge on any atom is 0.0250 e. The van der Waals surface area contributed by atoms with Gasteiger partial charge in [-0.25, -0.2) is 0 Å². The van der Waals surface area contributed by atoms with Gasteiger partial charge in [-0.15, -0.1) is 0 Å². The van der Waals surface area contributed by atoms with Crippen LogP contribution in [0, 0.1) is 5.92 Å². The van der Waals surface area contributed by atoms with E-state index in [0.29, 0.717) is 12.1 Å².